The summed E-state index contributed by atoms with van der Waals surface area (Å²) < 4.78 is 29.3. The van der Waals surface area contributed by atoms with Gasteiger partial charge in [-0.1, -0.05) is 29.0 Å². The molecule has 3 aromatic rings. The number of ether oxygens (including phenoxy) is 5. The number of nitrogens with zero attached hydrogens (tertiary/aromatic N) is 2. The average molecular weight is 557 g/mol. The standard InChI is InChI=1S/C27H25ClN2O7S/c1-5-34-19-9-15(7-8-18(19)33-4)24-23(26(32)35-6-2)14(3)29-27-30(24)25(31)22(38-27)11-16-10-20-21(12-17(16)28)37-13-36-20/h7-12,24H,5-6,13H2,1-4H3/b22-11+/t24-/m0/s1. The molecule has 38 heavy (non-hydrogen) atoms. The summed E-state index contributed by atoms with van der Waals surface area (Å²) in [5.74, 6) is 1.60. The van der Waals surface area contributed by atoms with E-state index in [1.165, 1.54) is 15.9 Å². The molecule has 2 aliphatic rings. The molecular weight excluding hydrogens is 532 g/mol. The van der Waals surface area contributed by atoms with E-state index < -0.39 is 12.0 Å². The van der Waals surface area contributed by atoms with Crippen molar-refractivity contribution in [2.24, 2.45) is 4.99 Å². The Bertz CT molecular complexity index is 1640. The molecule has 3 heterocycles. The Morgan fingerprint density at radius 3 is 2.66 bits per heavy atom. The summed E-state index contributed by atoms with van der Waals surface area (Å²) in [7, 11) is 1.55. The lowest BCUT2D eigenvalue weighted by Gasteiger charge is -2.25. The third-order valence-electron chi connectivity index (χ3n) is 6.10. The van der Waals surface area contributed by atoms with Gasteiger partial charge >= 0.3 is 5.97 Å². The molecular formula is C27H25ClN2O7S. The van der Waals surface area contributed by atoms with Crippen molar-refractivity contribution < 1.29 is 28.5 Å². The fraction of sp³-hybridized carbons (Fsp3) is 0.296. The Morgan fingerprint density at radius 2 is 1.95 bits per heavy atom. The van der Waals surface area contributed by atoms with Crippen molar-refractivity contribution in [1.29, 1.82) is 0 Å². The number of methoxy groups -OCH3 is 1. The molecule has 0 saturated carbocycles. The number of hydrogen-bond acceptors (Lipinski definition) is 9. The lowest BCUT2D eigenvalue weighted by atomic mass is 9.95. The highest BCUT2D eigenvalue weighted by Crippen LogP contribution is 2.38. The van der Waals surface area contributed by atoms with Crippen molar-refractivity contribution in [3.8, 4) is 23.0 Å². The highest BCUT2D eigenvalue weighted by Gasteiger charge is 2.34. The molecule has 0 spiro atoms. The van der Waals surface area contributed by atoms with E-state index in [0.29, 0.717) is 60.8 Å². The Kier molecular flexibility index (Phi) is 7.18. The Balaban J connectivity index is 1.72. The number of fused-ring (bicyclic) bond motifs is 2. The van der Waals surface area contributed by atoms with Crippen LogP contribution in [0.3, 0.4) is 0 Å². The molecule has 0 aliphatic carbocycles. The maximum atomic E-state index is 13.9. The van der Waals surface area contributed by atoms with Gasteiger partial charge in [-0.3, -0.25) is 9.36 Å². The van der Waals surface area contributed by atoms with Crippen LogP contribution in [0.15, 0.2) is 51.4 Å². The third kappa shape index (κ3) is 4.54. The second kappa shape index (κ2) is 10.5. The van der Waals surface area contributed by atoms with Gasteiger partial charge < -0.3 is 23.7 Å². The van der Waals surface area contributed by atoms with Gasteiger partial charge in [-0.2, -0.15) is 0 Å². The molecule has 5 rings (SSSR count). The van der Waals surface area contributed by atoms with Gasteiger partial charge in [0.2, 0.25) is 6.79 Å². The van der Waals surface area contributed by atoms with Crippen LogP contribution in [0.4, 0.5) is 0 Å². The van der Waals surface area contributed by atoms with Crippen LogP contribution in [-0.4, -0.2) is 37.7 Å². The zero-order chi connectivity index (χ0) is 27.0. The minimum absolute atomic E-state index is 0.110. The number of thiazole rings is 1. The number of benzene rings is 2. The Morgan fingerprint density at radius 1 is 1.18 bits per heavy atom. The molecule has 11 heteroatoms. The van der Waals surface area contributed by atoms with Crippen LogP contribution in [0.1, 0.15) is 37.9 Å². The average Bonchev–Trinajstić information content (AvgIpc) is 3.47. The van der Waals surface area contributed by atoms with E-state index >= 15 is 0 Å². The number of rotatable bonds is 7. The maximum absolute atomic E-state index is 13.9. The topological polar surface area (TPSA) is 97.6 Å². The van der Waals surface area contributed by atoms with Crippen LogP contribution in [0.25, 0.3) is 6.08 Å². The molecule has 0 unspecified atom stereocenters. The van der Waals surface area contributed by atoms with Crippen molar-refractivity contribution in [2.75, 3.05) is 27.1 Å². The molecule has 2 aliphatic heterocycles. The van der Waals surface area contributed by atoms with E-state index in [1.54, 1.807) is 57.4 Å². The van der Waals surface area contributed by atoms with Crippen molar-refractivity contribution in [3.63, 3.8) is 0 Å². The van der Waals surface area contributed by atoms with Gasteiger partial charge in [-0.25, -0.2) is 9.79 Å². The molecule has 0 radical (unpaired) electrons. The molecule has 2 aromatic carbocycles. The molecule has 0 saturated heterocycles. The van der Waals surface area contributed by atoms with E-state index in [1.807, 2.05) is 6.92 Å². The minimum atomic E-state index is -0.787. The van der Waals surface area contributed by atoms with Crippen molar-refractivity contribution in [2.45, 2.75) is 26.8 Å². The van der Waals surface area contributed by atoms with Crippen molar-refractivity contribution in [1.82, 2.24) is 4.57 Å². The smallest absolute Gasteiger partial charge is 0.338 e. The fourth-order valence-electron chi connectivity index (χ4n) is 4.42. The van der Waals surface area contributed by atoms with Crippen molar-refractivity contribution in [3.05, 3.63) is 77.4 Å². The van der Waals surface area contributed by atoms with Crippen LogP contribution in [0.5, 0.6) is 23.0 Å². The lowest BCUT2D eigenvalue weighted by Crippen LogP contribution is -2.40. The highest BCUT2D eigenvalue weighted by atomic mass is 35.5. The predicted octanol–water partition coefficient (Wildman–Crippen LogP) is 3.59. The summed E-state index contributed by atoms with van der Waals surface area (Å²) in [6, 6.07) is 7.93. The number of carbonyl (C=O) groups excluding carboxylic acids is 1. The van der Waals surface area contributed by atoms with E-state index in [-0.39, 0.29) is 24.5 Å². The maximum Gasteiger partial charge on any atom is 0.338 e. The molecule has 0 bridgehead atoms. The SMILES string of the molecule is CCOC(=O)C1=C(C)N=c2s/c(=C/c3cc4c(cc3Cl)OCO4)c(=O)n2[C@H]1c1ccc(OC)c(OCC)c1. The summed E-state index contributed by atoms with van der Waals surface area (Å²) in [4.78, 5) is 32.1. The highest BCUT2D eigenvalue weighted by molar-refractivity contribution is 7.07. The number of halogens is 1. The van der Waals surface area contributed by atoms with Gasteiger partial charge in [0.1, 0.15) is 0 Å². The van der Waals surface area contributed by atoms with Crippen LogP contribution in [0, 0.1) is 0 Å². The molecule has 1 atom stereocenters. The van der Waals surface area contributed by atoms with Crippen LogP contribution in [-0.2, 0) is 9.53 Å². The fourth-order valence-corrected chi connectivity index (χ4v) is 5.67. The van der Waals surface area contributed by atoms with Crippen molar-refractivity contribution >= 4 is 35.0 Å². The number of allylic oxidation sites excluding steroid dienone is 1. The first-order chi connectivity index (χ1) is 18.4. The molecule has 9 nitrogen and oxygen atoms in total. The summed E-state index contributed by atoms with van der Waals surface area (Å²) in [5, 5.41) is 0.413. The number of hydrogen-bond donors (Lipinski definition) is 0. The van der Waals surface area contributed by atoms with E-state index in [4.69, 9.17) is 35.3 Å². The predicted molar refractivity (Wildman–Crippen MR) is 142 cm³/mol. The molecule has 198 valence electrons. The van der Waals surface area contributed by atoms with Gasteiger partial charge in [-0.15, -0.1) is 0 Å². The van der Waals surface area contributed by atoms with E-state index in [2.05, 4.69) is 4.99 Å². The Hall–Kier alpha value is -3.76. The Labute approximate surface area is 227 Å². The zero-order valence-corrected chi connectivity index (χ0v) is 22.8. The van der Waals surface area contributed by atoms with E-state index in [0.717, 1.165) is 0 Å². The summed E-state index contributed by atoms with van der Waals surface area (Å²) >= 11 is 7.68. The first-order valence-electron chi connectivity index (χ1n) is 12.0. The molecule has 1 aromatic heterocycles. The van der Waals surface area contributed by atoms with Gasteiger partial charge in [0, 0.05) is 6.07 Å². The summed E-state index contributed by atoms with van der Waals surface area (Å²) in [6.45, 7) is 6.04. The van der Waals surface area contributed by atoms with Crippen LogP contribution in [0.2, 0.25) is 5.02 Å². The first-order valence-corrected chi connectivity index (χ1v) is 13.1. The normalized spacial score (nSPS) is 16.2. The second-order valence-corrected chi connectivity index (χ2v) is 9.79. The van der Waals surface area contributed by atoms with Gasteiger partial charge in [0.05, 0.1) is 47.2 Å². The molecule has 0 fully saturated rings. The third-order valence-corrected chi connectivity index (χ3v) is 7.41. The monoisotopic (exact) mass is 556 g/mol. The zero-order valence-electron chi connectivity index (χ0n) is 21.2. The van der Waals surface area contributed by atoms with Gasteiger partial charge in [0.15, 0.2) is 27.8 Å². The number of esters is 1. The van der Waals surface area contributed by atoms with Crippen LogP contribution >= 0.6 is 22.9 Å². The number of aromatic nitrogens is 1. The molecule has 0 N–H and O–H groups in total. The second-order valence-electron chi connectivity index (χ2n) is 8.37. The lowest BCUT2D eigenvalue weighted by molar-refractivity contribution is -0.139. The number of carbonyl (C=O) groups is 1. The summed E-state index contributed by atoms with van der Waals surface area (Å²) in [5.41, 5.74) is 1.67. The van der Waals surface area contributed by atoms with Gasteiger partial charge in [-0.05, 0) is 56.2 Å². The van der Waals surface area contributed by atoms with E-state index in [9.17, 15) is 9.59 Å². The molecule has 0 amide bonds. The first kappa shape index (κ1) is 25.9. The van der Waals surface area contributed by atoms with Gasteiger partial charge in [0.25, 0.3) is 5.56 Å². The largest absolute Gasteiger partial charge is 0.493 e. The van der Waals surface area contributed by atoms with Crippen LogP contribution < -0.4 is 33.8 Å². The quantitative estimate of drug-likeness (QED) is 0.410. The summed E-state index contributed by atoms with van der Waals surface area (Å²) in [6.07, 6.45) is 1.69. The minimum Gasteiger partial charge on any atom is -0.493 e.